The Kier molecular flexibility index (Phi) is 8.17. The van der Waals surface area contributed by atoms with Gasteiger partial charge < -0.3 is 14.8 Å². The molecule has 0 heterocycles. The zero-order valence-electron chi connectivity index (χ0n) is 14.6. The molecule has 0 aliphatic rings. The molecule has 0 aliphatic carbocycles. The average molecular weight is 358 g/mol. The minimum Gasteiger partial charge on any atom is -0.496 e. The van der Waals surface area contributed by atoms with Gasteiger partial charge in [0.25, 0.3) is 0 Å². The van der Waals surface area contributed by atoms with Gasteiger partial charge in [0.1, 0.15) is 5.75 Å². The predicted octanol–water partition coefficient (Wildman–Crippen LogP) is 1.21. The molecule has 8 heteroatoms. The normalized spacial score (nSPS) is 12.7. The molecule has 0 saturated heterocycles. The third kappa shape index (κ3) is 6.10. The first kappa shape index (κ1) is 20.4. The van der Waals surface area contributed by atoms with Gasteiger partial charge in [0.15, 0.2) is 0 Å². The number of carbonyl (C=O) groups is 1. The molecule has 0 aromatic heterocycles. The van der Waals surface area contributed by atoms with E-state index in [0.29, 0.717) is 37.5 Å². The van der Waals surface area contributed by atoms with Gasteiger partial charge in [0, 0.05) is 19.8 Å². The van der Waals surface area contributed by atoms with Crippen LogP contribution in [0.1, 0.15) is 25.8 Å². The molecule has 1 aromatic carbocycles. The molecule has 0 spiro atoms. The van der Waals surface area contributed by atoms with Gasteiger partial charge in [0.05, 0.1) is 18.0 Å². The minimum absolute atomic E-state index is 0.0943. The zero-order chi connectivity index (χ0) is 18.2. The second-order valence-corrected chi connectivity index (χ2v) is 7.03. The van der Waals surface area contributed by atoms with Crippen LogP contribution in [0.25, 0.3) is 0 Å². The summed E-state index contributed by atoms with van der Waals surface area (Å²) in [6.45, 7) is 6.79. The van der Waals surface area contributed by atoms with Crippen molar-refractivity contribution in [2.75, 3.05) is 26.9 Å². The largest absolute Gasteiger partial charge is 0.496 e. The Hall–Kier alpha value is -1.64. The molecular weight excluding hydrogens is 332 g/mol. The Morgan fingerprint density at radius 1 is 1.33 bits per heavy atom. The molecule has 0 bridgehead atoms. The van der Waals surface area contributed by atoms with E-state index >= 15 is 0 Å². The number of ether oxygens (including phenoxy) is 2. The number of carbonyl (C=O) groups excluding carboxylic acids is 1. The number of hydrogen-bond acceptors (Lipinski definition) is 5. The summed E-state index contributed by atoms with van der Waals surface area (Å²) in [7, 11) is -2.26. The summed E-state index contributed by atoms with van der Waals surface area (Å²) in [6, 6.07) is 3.67. The minimum atomic E-state index is -3.78. The van der Waals surface area contributed by atoms with Crippen LogP contribution >= 0.6 is 0 Å². The van der Waals surface area contributed by atoms with E-state index in [9.17, 15) is 13.2 Å². The maximum absolute atomic E-state index is 12.4. The number of sulfonamides is 1. The van der Waals surface area contributed by atoms with Crippen molar-refractivity contribution in [3.63, 3.8) is 0 Å². The van der Waals surface area contributed by atoms with E-state index in [1.54, 1.807) is 13.0 Å². The number of amides is 1. The van der Waals surface area contributed by atoms with Crippen LogP contribution in [0.3, 0.4) is 0 Å². The molecule has 0 saturated carbocycles. The first-order chi connectivity index (χ1) is 11.3. The first-order valence-electron chi connectivity index (χ1n) is 7.84. The molecule has 1 atom stereocenters. The average Bonchev–Trinajstić information content (AvgIpc) is 2.53. The predicted molar refractivity (Wildman–Crippen MR) is 91.6 cm³/mol. The third-order valence-corrected chi connectivity index (χ3v) is 4.91. The summed E-state index contributed by atoms with van der Waals surface area (Å²) in [5.74, 6) is 0.231. The van der Waals surface area contributed by atoms with E-state index < -0.39 is 16.1 Å². The number of hydrogen-bond donors (Lipinski definition) is 2. The van der Waals surface area contributed by atoms with E-state index in [2.05, 4.69) is 10.0 Å². The Labute approximate surface area is 143 Å². The second-order valence-electron chi connectivity index (χ2n) is 5.32. The molecule has 1 amide bonds. The van der Waals surface area contributed by atoms with E-state index in [1.807, 2.05) is 6.92 Å². The van der Waals surface area contributed by atoms with Gasteiger partial charge in [-0.05, 0) is 51.0 Å². The van der Waals surface area contributed by atoms with Crippen molar-refractivity contribution in [2.24, 2.45) is 0 Å². The van der Waals surface area contributed by atoms with Crippen molar-refractivity contribution in [3.05, 3.63) is 23.8 Å². The molecule has 1 rings (SSSR count). The Bertz CT molecular complexity index is 646. The summed E-state index contributed by atoms with van der Waals surface area (Å²) >= 11 is 0. The van der Waals surface area contributed by atoms with Gasteiger partial charge in [-0.2, -0.15) is 4.72 Å². The fraction of sp³-hybridized carbons (Fsp3) is 0.562. The molecule has 24 heavy (non-hydrogen) atoms. The van der Waals surface area contributed by atoms with Crippen molar-refractivity contribution >= 4 is 15.9 Å². The first-order valence-corrected chi connectivity index (χ1v) is 9.32. The lowest BCUT2D eigenvalue weighted by molar-refractivity contribution is -0.122. The molecule has 0 unspecified atom stereocenters. The highest BCUT2D eigenvalue weighted by Crippen LogP contribution is 2.21. The van der Waals surface area contributed by atoms with Crippen molar-refractivity contribution in [2.45, 2.75) is 38.1 Å². The SMILES string of the molecule is CCOCCCNC(=O)[C@H](C)NS(=O)(=O)c1ccc(OC)c(C)c1. The zero-order valence-corrected chi connectivity index (χ0v) is 15.4. The number of nitrogens with one attached hydrogen (secondary N) is 2. The van der Waals surface area contributed by atoms with Crippen molar-refractivity contribution in [1.82, 2.24) is 10.0 Å². The standard InChI is InChI=1S/C16H26N2O5S/c1-5-23-10-6-9-17-16(19)13(3)18-24(20,21)14-7-8-15(22-4)12(2)11-14/h7-8,11,13,18H,5-6,9-10H2,1-4H3,(H,17,19)/t13-/m0/s1. The summed E-state index contributed by atoms with van der Waals surface area (Å²) in [5, 5.41) is 2.68. The van der Waals surface area contributed by atoms with Crippen LogP contribution in [0, 0.1) is 6.92 Å². The second kappa shape index (κ2) is 9.61. The van der Waals surface area contributed by atoms with Crippen LogP contribution in [-0.2, 0) is 19.6 Å². The summed E-state index contributed by atoms with van der Waals surface area (Å²) < 4.78 is 37.4. The third-order valence-electron chi connectivity index (χ3n) is 3.37. The number of rotatable bonds is 10. The van der Waals surface area contributed by atoms with Crippen LogP contribution in [-0.4, -0.2) is 47.2 Å². The number of aryl methyl sites for hydroxylation is 1. The van der Waals surface area contributed by atoms with E-state index in [4.69, 9.17) is 9.47 Å². The monoisotopic (exact) mass is 358 g/mol. The Morgan fingerprint density at radius 3 is 2.62 bits per heavy atom. The van der Waals surface area contributed by atoms with E-state index in [0.717, 1.165) is 0 Å². The smallest absolute Gasteiger partial charge is 0.241 e. The molecular formula is C16H26N2O5S. The maximum Gasteiger partial charge on any atom is 0.241 e. The fourth-order valence-electron chi connectivity index (χ4n) is 2.06. The van der Waals surface area contributed by atoms with Crippen LogP contribution in [0.5, 0.6) is 5.75 Å². The van der Waals surface area contributed by atoms with E-state index in [1.165, 1.54) is 26.2 Å². The molecule has 136 valence electrons. The van der Waals surface area contributed by atoms with Crippen LogP contribution in [0.4, 0.5) is 0 Å². The highest BCUT2D eigenvalue weighted by molar-refractivity contribution is 7.89. The molecule has 2 N–H and O–H groups in total. The van der Waals surface area contributed by atoms with Crippen molar-refractivity contribution in [3.8, 4) is 5.75 Å². The number of benzene rings is 1. The highest BCUT2D eigenvalue weighted by atomic mass is 32.2. The Balaban J connectivity index is 2.62. The molecule has 0 radical (unpaired) electrons. The van der Waals surface area contributed by atoms with Gasteiger partial charge in [-0.25, -0.2) is 8.42 Å². The van der Waals surface area contributed by atoms with Crippen LogP contribution < -0.4 is 14.8 Å². The van der Waals surface area contributed by atoms with Crippen LogP contribution in [0.15, 0.2) is 23.1 Å². The van der Waals surface area contributed by atoms with Gasteiger partial charge in [-0.3, -0.25) is 4.79 Å². The van der Waals surface area contributed by atoms with Gasteiger partial charge in [-0.15, -0.1) is 0 Å². The van der Waals surface area contributed by atoms with Crippen molar-refractivity contribution in [1.29, 1.82) is 0 Å². The summed E-state index contributed by atoms with van der Waals surface area (Å²) in [6.07, 6.45) is 0.677. The summed E-state index contributed by atoms with van der Waals surface area (Å²) in [5.41, 5.74) is 0.702. The van der Waals surface area contributed by atoms with Gasteiger partial charge >= 0.3 is 0 Å². The lowest BCUT2D eigenvalue weighted by Crippen LogP contribution is -2.45. The quantitative estimate of drug-likeness (QED) is 0.613. The molecule has 0 fully saturated rings. The fourth-order valence-corrected chi connectivity index (χ4v) is 3.34. The lowest BCUT2D eigenvalue weighted by Gasteiger charge is -2.15. The van der Waals surface area contributed by atoms with E-state index in [-0.39, 0.29) is 10.8 Å². The van der Waals surface area contributed by atoms with Crippen molar-refractivity contribution < 1.29 is 22.7 Å². The van der Waals surface area contributed by atoms with Gasteiger partial charge in [-0.1, -0.05) is 0 Å². The molecule has 7 nitrogen and oxygen atoms in total. The highest BCUT2D eigenvalue weighted by Gasteiger charge is 2.22. The Morgan fingerprint density at radius 2 is 2.04 bits per heavy atom. The lowest BCUT2D eigenvalue weighted by atomic mass is 10.2. The molecule has 1 aromatic rings. The maximum atomic E-state index is 12.4. The number of methoxy groups -OCH3 is 1. The van der Waals surface area contributed by atoms with Crippen LogP contribution in [0.2, 0.25) is 0 Å². The topological polar surface area (TPSA) is 93.7 Å². The molecule has 0 aliphatic heterocycles. The summed E-state index contributed by atoms with van der Waals surface area (Å²) in [4.78, 5) is 12.0. The van der Waals surface area contributed by atoms with Gasteiger partial charge in [0.2, 0.25) is 15.9 Å².